The maximum atomic E-state index is 11.3. The van der Waals surface area contributed by atoms with Crippen LogP contribution in [-0.4, -0.2) is 21.5 Å². The van der Waals surface area contributed by atoms with Crippen molar-refractivity contribution in [1.29, 1.82) is 0 Å². The first-order valence-electron chi connectivity index (χ1n) is 4.06. The van der Waals surface area contributed by atoms with Crippen molar-refractivity contribution in [1.82, 2.24) is 10.2 Å². The van der Waals surface area contributed by atoms with Crippen LogP contribution in [-0.2, 0) is 0 Å². The number of H-pyrrole nitrogens is 1. The summed E-state index contributed by atoms with van der Waals surface area (Å²) in [6.07, 6.45) is -1.47. The molecule has 0 fully saturated rings. The van der Waals surface area contributed by atoms with Crippen LogP contribution in [0, 0.1) is 0 Å². The largest absolute Gasteiger partial charge is 0.512 e. The minimum atomic E-state index is -1.47. The number of rotatable bonds is 1. The van der Waals surface area contributed by atoms with Gasteiger partial charge in [-0.2, -0.15) is 0 Å². The molecule has 0 amide bonds. The number of hydrogen-bond donors (Lipinski definition) is 2. The zero-order chi connectivity index (χ0) is 10.8. The lowest BCUT2D eigenvalue weighted by Crippen LogP contribution is -2.12. The smallest absolute Gasteiger partial charge is 0.449 e. The molecule has 6 heteroatoms. The Labute approximate surface area is 83.1 Å². The van der Waals surface area contributed by atoms with E-state index in [9.17, 15) is 9.59 Å². The Morgan fingerprint density at radius 2 is 2.00 bits per heavy atom. The first kappa shape index (κ1) is 9.20. The molecule has 76 valence electrons. The second-order valence-corrected chi connectivity index (χ2v) is 2.77. The van der Waals surface area contributed by atoms with Gasteiger partial charge in [0.2, 0.25) is 0 Å². The van der Waals surface area contributed by atoms with Gasteiger partial charge in [-0.15, -0.1) is 5.10 Å². The first-order valence-corrected chi connectivity index (χ1v) is 4.06. The third kappa shape index (κ3) is 1.64. The van der Waals surface area contributed by atoms with Gasteiger partial charge >= 0.3 is 6.16 Å². The Hall–Kier alpha value is -2.37. The molecule has 1 aromatic heterocycles. The van der Waals surface area contributed by atoms with Gasteiger partial charge in [-0.1, -0.05) is 12.1 Å². The number of aromatic nitrogens is 2. The van der Waals surface area contributed by atoms with Gasteiger partial charge in [0.15, 0.2) is 0 Å². The fourth-order valence-corrected chi connectivity index (χ4v) is 1.25. The van der Waals surface area contributed by atoms with Gasteiger partial charge in [0.1, 0.15) is 0 Å². The summed E-state index contributed by atoms with van der Waals surface area (Å²) in [5, 5.41) is 14.8. The molecule has 2 rings (SSSR count). The molecule has 0 aliphatic carbocycles. The molecule has 1 aromatic carbocycles. The second-order valence-electron chi connectivity index (χ2n) is 2.77. The fourth-order valence-electron chi connectivity index (χ4n) is 1.25. The third-order valence-corrected chi connectivity index (χ3v) is 1.85. The van der Waals surface area contributed by atoms with Gasteiger partial charge in [0.05, 0.1) is 10.8 Å². The molecule has 0 aliphatic rings. The highest BCUT2D eigenvalue weighted by molar-refractivity contribution is 5.86. The van der Waals surface area contributed by atoms with Crippen molar-refractivity contribution in [3.8, 4) is 5.88 Å². The lowest BCUT2D eigenvalue weighted by Gasteiger charge is -2.01. The molecule has 0 aliphatic heterocycles. The van der Waals surface area contributed by atoms with E-state index >= 15 is 0 Å². The Kier molecular flexibility index (Phi) is 2.09. The van der Waals surface area contributed by atoms with Gasteiger partial charge in [-0.05, 0) is 12.1 Å². The van der Waals surface area contributed by atoms with Gasteiger partial charge in [0, 0.05) is 0 Å². The van der Waals surface area contributed by atoms with Crippen LogP contribution >= 0.6 is 0 Å². The number of benzene rings is 1. The quantitative estimate of drug-likeness (QED) is 0.678. The van der Waals surface area contributed by atoms with E-state index in [0.717, 1.165) is 0 Å². The summed E-state index contributed by atoms with van der Waals surface area (Å²) in [6, 6.07) is 6.46. The lowest BCUT2D eigenvalue weighted by atomic mass is 10.2. The summed E-state index contributed by atoms with van der Waals surface area (Å²) >= 11 is 0. The van der Waals surface area contributed by atoms with Crippen molar-refractivity contribution >= 4 is 16.9 Å². The predicted molar refractivity (Wildman–Crippen MR) is 51.0 cm³/mol. The molecule has 2 aromatic rings. The Bertz CT molecular complexity index is 576. The molecule has 0 unspecified atom stereocenters. The van der Waals surface area contributed by atoms with E-state index in [2.05, 4.69) is 14.9 Å². The number of carbonyl (C=O) groups is 1. The molecular weight excluding hydrogens is 200 g/mol. The van der Waals surface area contributed by atoms with Crippen LogP contribution in [0.3, 0.4) is 0 Å². The summed E-state index contributed by atoms with van der Waals surface area (Å²) in [7, 11) is 0. The molecule has 0 saturated carbocycles. The number of nitrogens with zero attached hydrogens (tertiary/aromatic N) is 1. The zero-order valence-corrected chi connectivity index (χ0v) is 7.43. The molecule has 0 spiro atoms. The highest BCUT2D eigenvalue weighted by atomic mass is 16.7. The van der Waals surface area contributed by atoms with E-state index in [0.29, 0.717) is 10.8 Å². The summed E-state index contributed by atoms with van der Waals surface area (Å²) < 4.78 is 4.42. The van der Waals surface area contributed by atoms with Crippen LogP contribution < -0.4 is 10.3 Å². The molecule has 0 atom stereocenters. The van der Waals surface area contributed by atoms with Gasteiger partial charge in [-0.3, -0.25) is 4.79 Å². The standard InChI is InChI=1S/C9H6N2O4/c12-7-5-3-1-2-4-6(5)8(11-10-7)15-9(13)14/h1-4H,(H,10,12)(H,13,14). The van der Waals surface area contributed by atoms with Crippen LogP contribution in [0.2, 0.25) is 0 Å². The molecule has 0 saturated heterocycles. The average molecular weight is 206 g/mol. The van der Waals surface area contributed by atoms with E-state index in [4.69, 9.17) is 5.11 Å². The van der Waals surface area contributed by atoms with Crippen LogP contribution in [0.15, 0.2) is 29.1 Å². The van der Waals surface area contributed by atoms with Crippen LogP contribution in [0.5, 0.6) is 5.88 Å². The Morgan fingerprint density at radius 3 is 2.67 bits per heavy atom. The van der Waals surface area contributed by atoms with E-state index in [1.54, 1.807) is 24.3 Å². The number of nitrogens with one attached hydrogen (secondary N) is 1. The number of ether oxygens (including phenoxy) is 1. The second kappa shape index (κ2) is 3.41. The lowest BCUT2D eigenvalue weighted by molar-refractivity contribution is 0.142. The summed E-state index contributed by atoms with van der Waals surface area (Å²) in [6.45, 7) is 0. The molecule has 15 heavy (non-hydrogen) atoms. The van der Waals surface area contributed by atoms with Crippen molar-refractivity contribution in [2.24, 2.45) is 0 Å². The highest BCUT2D eigenvalue weighted by Gasteiger charge is 2.09. The van der Waals surface area contributed by atoms with Crippen LogP contribution in [0.4, 0.5) is 4.79 Å². The minimum absolute atomic E-state index is 0.127. The number of hydrogen-bond acceptors (Lipinski definition) is 4. The number of carboxylic acid groups (broad SMARTS) is 1. The van der Waals surface area contributed by atoms with Crippen molar-refractivity contribution in [2.75, 3.05) is 0 Å². The van der Waals surface area contributed by atoms with E-state index < -0.39 is 6.16 Å². The number of fused-ring (bicyclic) bond motifs is 1. The summed E-state index contributed by atoms with van der Waals surface area (Å²) in [5.74, 6) is -0.127. The highest BCUT2D eigenvalue weighted by Crippen LogP contribution is 2.18. The van der Waals surface area contributed by atoms with Gasteiger partial charge < -0.3 is 9.84 Å². The Balaban J connectivity index is 2.71. The minimum Gasteiger partial charge on any atom is -0.449 e. The summed E-state index contributed by atoms with van der Waals surface area (Å²) in [5.41, 5.74) is -0.386. The van der Waals surface area contributed by atoms with Gasteiger partial charge in [-0.25, -0.2) is 9.89 Å². The van der Waals surface area contributed by atoms with E-state index in [1.165, 1.54) is 0 Å². The van der Waals surface area contributed by atoms with Crippen LogP contribution in [0.1, 0.15) is 0 Å². The molecule has 1 heterocycles. The molecular formula is C9H6N2O4. The van der Waals surface area contributed by atoms with Crippen molar-refractivity contribution < 1.29 is 14.6 Å². The topological polar surface area (TPSA) is 92.3 Å². The molecule has 6 nitrogen and oxygen atoms in total. The fraction of sp³-hybridized carbons (Fsp3) is 0. The average Bonchev–Trinajstić information content (AvgIpc) is 2.22. The van der Waals surface area contributed by atoms with Crippen molar-refractivity contribution in [2.45, 2.75) is 0 Å². The third-order valence-electron chi connectivity index (χ3n) is 1.85. The number of aromatic amines is 1. The van der Waals surface area contributed by atoms with E-state index in [1.807, 2.05) is 0 Å². The maximum Gasteiger partial charge on any atom is 0.512 e. The van der Waals surface area contributed by atoms with Crippen molar-refractivity contribution in [3.05, 3.63) is 34.6 Å². The van der Waals surface area contributed by atoms with Crippen LogP contribution in [0.25, 0.3) is 10.8 Å². The zero-order valence-electron chi connectivity index (χ0n) is 7.43. The Morgan fingerprint density at radius 1 is 1.33 bits per heavy atom. The maximum absolute atomic E-state index is 11.3. The molecule has 2 N–H and O–H groups in total. The van der Waals surface area contributed by atoms with Gasteiger partial charge in [0.25, 0.3) is 11.4 Å². The first-order chi connectivity index (χ1) is 7.18. The normalized spacial score (nSPS) is 10.1. The van der Waals surface area contributed by atoms with Crippen molar-refractivity contribution in [3.63, 3.8) is 0 Å². The SMILES string of the molecule is O=C(O)Oc1n[nH]c(=O)c2ccccc12. The summed E-state index contributed by atoms with van der Waals surface area (Å²) in [4.78, 5) is 21.6. The predicted octanol–water partition coefficient (Wildman–Crippen LogP) is 0.980. The monoisotopic (exact) mass is 206 g/mol. The van der Waals surface area contributed by atoms with E-state index in [-0.39, 0.29) is 11.4 Å². The molecule has 0 bridgehead atoms. The molecule has 0 radical (unpaired) electrons.